The number of carbonyl (C=O) groups excluding carboxylic acids is 1. The predicted molar refractivity (Wildman–Crippen MR) is 137 cm³/mol. The average molecular weight is 493 g/mol. The van der Waals surface area contributed by atoms with Crippen molar-refractivity contribution in [2.45, 2.75) is 38.6 Å². The fourth-order valence-electron chi connectivity index (χ4n) is 4.97. The van der Waals surface area contributed by atoms with Gasteiger partial charge in [-0.1, -0.05) is 19.9 Å². The lowest BCUT2D eigenvalue weighted by molar-refractivity contribution is 0.0627. The van der Waals surface area contributed by atoms with Crippen molar-refractivity contribution in [3.63, 3.8) is 0 Å². The Morgan fingerprint density at radius 1 is 1.22 bits per heavy atom. The third kappa shape index (κ3) is 4.42. The van der Waals surface area contributed by atoms with Gasteiger partial charge in [-0.3, -0.25) is 19.6 Å². The average Bonchev–Trinajstić information content (AvgIpc) is 2.88. The van der Waals surface area contributed by atoms with Gasteiger partial charge in [-0.2, -0.15) is 0 Å². The molecule has 1 aliphatic heterocycles. The van der Waals surface area contributed by atoms with E-state index in [9.17, 15) is 14.7 Å². The van der Waals surface area contributed by atoms with Crippen molar-refractivity contribution < 1.29 is 19.4 Å². The number of ether oxygens (including phenoxy) is 2. The van der Waals surface area contributed by atoms with Gasteiger partial charge >= 0.3 is 0 Å². The molecule has 4 rings (SSSR count). The number of nitrogens with zero attached hydrogens (tertiary/aromatic N) is 2. The summed E-state index contributed by atoms with van der Waals surface area (Å²) in [4.78, 5) is 30.7. The summed E-state index contributed by atoms with van der Waals surface area (Å²) in [7, 11) is 3.15. The summed E-state index contributed by atoms with van der Waals surface area (Å²) in [6, 6.07) is 8.56. The van der Waals surface area contributed by atoms with Crippen LogP contribution in [0.5, 0.6) is 11.5 Å². The number of amides is 1. The maximum atomic E-state index is 13.7. The predicted octanol–water partition coefficient (Wildman–Crippen LogP) is 3.22. The van der Waals surface area contributed by atoms with Crippen molar-refractivity contribution in [1.82, 2.24) is 14.5 Å². The second-order valence-electron chi connectivity index (χ2n) is 8.87. The van der Waals surface area contributed by atoms with Gasteiger partial charge < -0.3 is 24.5 Å². The summed E-state index contributed by atoms with van der Waals surface area (Å²) in [5.41, 5.74) is 3.37. The lowest BCUT2D eigenvalue weighted by Gasteiger charge is -2.38. The summed E-state index contributed by atoms with van der Waals surface area (Å²) >= 11 is 0. The van der Waals surface area contributed by atoms with E-state index in [1.807, 2.05) is 19.1 Å². The molecule has 3 N–H and O–H groups in total. The van der Waals surface area contributed by atoms with Crippen molar-refractivity contribution in [3.05, 3.63) is 69.4 Å². The number of H-pyrrole nitrogens is 1. The van der Waals surface area contributed by atoms with Crippen molar-refractivity contribution in [2.75, 3.05) is 27.4 Å². The Kier molecular flexibility index (Phi) is 7.30. The highest BCUT2D eigenvalue weighted by molar-refractivity contribution is 5.98. The van der Waals surface area contributed by atoms with Crippen molar-refractivity contribution in [1.29, 1.82) is 5.41 Å². The molecule has 2 heterocycles. The van der Waals surface area contributed by atoms with Crippen LogP contribution in [-0.2, 0) is 6.42 Å². The van der Waals surface area contributed by atoms with E-state index < -0.39 is 5.56 Å². The lowest BCUT2D eigenvalue weighted by Crippen LogP contribution is -2.40. The Labute approximate surface area is 209 Å². The normalized spacial score (nSPS) is 15.0. The molecular formula is C27H32N4O5. The third-order valence-corrected chi connectivity index (χ3v) is 6.69. The highest BCUT2D eigenvalue weighted by atomic mass is 16.5. The molecule has 9 nitrogen and oxygen atoms in total. The van der Waals surface area contributed by atoms with E-state index in [-0.39, 0.29) is 24.0 Å². The van der Waals surface area contributed by atoms with Gasteiger partial charge in [-0.25, -0.2) is 0 Å². The first-order valence-corrected chi connectivity index (χ1v) is 12.0. The fraction of sp³-hybridized carbons (Fsp3) is 0.370. The molecule has 1 amide bonds. The zero-order chi connectivity index (χ0) is 26.0. The number of hydrogen-bond acceptors (Lipinski definition) is 6. The summed E-state index contributed by atoms with van der Waals surface area (Å²) < 4.78 is 12.5. The minimum atomic E-state index is -0.546. The van der Waals surface area contributed by atoms with E-state index >= 15 is 0 Å². The molecule has 0 saturated carbocycles. The molecule has 1 atom stereocenters. The number of benzene rings is 2. The molecule has 0 radical (unpaired) electrons. The van der Waals surface area contributed by atoms with E-state index in [0.717, 1.165) is 17.5 Å². The second-order valence-corrected chi connectivity index (χ2v) is 8.87. The van der Waals surface area contributed by atoms with Gasteiger partial charge in [0.25, 0.3) is 11.5 Å². The quantitative estimate of drug-likeness (QED) is 0.446. The minimum Gasteiger partial charge on any atom is -0.493 e. The van der Waals surface area contributed by atoms with Crippen LogP contribution in [0.25, 0.3) is 16.7 Å². The molecule has 3 aromatic rings. The van der Waals surface area contributed by atoms with Crippen LogP contribution in [0.1, 0.15) is 53.7 Å². The van der Waals surface area contributed by atoms with Crippen LogP contribution in [0.3, 0.4) is 0 Å². The van der Waals surface area contributed by atoms with E-state index in [0.29, 0.717) is 59.6 Å². The first-order valence-electron chi connectivity index (χ1n) is 12.0. The molecule has 0 fully saturated rings. The van der Waals surface area contributed by atoms with E-state index in [2.05, 4.69) is 11.6 Å². The van der Waals surface area contributed by atoms with Crippen LogP contribution in [-0.4, -0.2) is 52.8 Å². The highest BCUT2D eigenvalue weighted by Crippen LogP contribution is 2.40. The Bertz CT molecular complexity index is 1440. The van der Waals surface area contributed by atoms with E-state index in [4.69, 9.17) is 14.9 Å². The number of fused-ring (bicyclic) bond motifs is 2. The van der Waals surface area contributed by atoms with Gasteiger partial charge in [0.15, 0.2) is 17.0 Å². The Hall–Kier alpha value is -3.85. The number of allylic oxidation sites excluding steroid dienone is 1. The summed E-state index contributed by atoms with van der Waals surface area (Å²) in [5, 5.41) is 18.0. The number of aromatic amines is 1. The highest BCUT2D eigenvalue weighted by Gasteiger charge is 2.32. The summed E-state index contributed by atoms with van der Waals surface area (Å²) in [6.07, 6.45) is 2.47. The van der Waals surface area contributed by atoms with Gasteiger partial charge in [0, 0.05) is 24.4 Å². The number of carbonyl (C=O) groups is 1. The zero-order valence-electron chi connectivity index (χ0n) is 20.9. The molecule has 2 aromatic carbocycles. The monoisotopic (exact) mass is 492 g/mol. The van der Waals surface area contributed by atoms with E-state index in [1.54, 1.807) is 37.3 Å². The van der Waals surface area contributed by atoms with Gasteiger partial charge in [0.1, 0.15) is 0 Å². The summed E-state index contributed by atoms with van der Waals surface area (Å²) in [5.74, 6) is 0.995. The number of aliphatic hydroxyl groups excluding tert-OH is 1. The first-order chi connectivity index (χ1) is 17.3. The molecule has 190 valence electrons. The molecule has 1 aromatic heterocycles. The molecule has 0 bridgehead atoms. The number of aliphatic hydroxyl groups is 1. The molecule has 0 saturated heterocycles. The maximum Gasteiger partial charge on any atom is 0.291 e. The molecule has 1 unspecified atom stereocenters. The molecule has 0 aliphatic carbocycles. The van der Waals surface area contributed by atoms with Gasteiger partial charge in [0.05, 0.1) is 31.3 Å². The number of methoxy groups -OCH3 is 2. The molecular weight excluding hydrogens is 460 g/mol. The smallest absolute Gasteiger partial charge is 0.291 e. The maximum absolute atomic E-state index is 13.7. The fourth-order valence-corrected chi connectivity index (χ4v) is 4.97. The van der Waals surface area contributed by atoms with Crippen LogP contribution in [0.4, 0.5) is 0 Å². The van der Waals surface area contributed by atoms with Crippen LogP contribution >= 0.6 is 0 Å². The SMILES string of the molecule is C=C(CCC)n1c(=N)c(=O)[nH]c2cc(C(=O)N3CCc4cc(OC)c(OC)cc4C3CCO)ccc21. The van der Waals surface area contributed by atoms with Gasteiger partial charge in [0.2, 0.25) is 0 Å². The molecule has 1 aliphatic rings. The second kappa shape index (κ2) is 10.4. The number of rotatable bonds is 8. The standard InChI is InChI=1S/C27H32N4O5/c1-5-6-16(2)31-22-8-7-18(13-20(22)29-26(33)25(31)28)27(34)30-11-9-17-14-23(35-3)24(36-4)15-19(17)21(30)10-12-32/h7-8,13-15,21,28,32H,2,5-6,9-12H2,1,3-4H3,(H,29,33). The van der Waals surface area contributed by atoms with Gasteiger partial charge in [-0.05, 0) is 60.7 Å². The van der Waals surface area contributed by atoms with Crippen molar-refractivity contribution in [3.8, 4) is 11.5 Å². The van der Waals surface area contributed by atoms with Crippen LogP contribution in [0.2, 0.25) is 0 Å². The summed E-state index contributed by atoms with van der Waals surface area (Å²) in [6.45, 7) is 6.44. The lowest BCUT2D eigenvalue weighted by atomic mass is 9.89. The zero-order valence-corrected chi connectivity index (χ0v) is 20.9. The number of hydrogen-bond donors (Lipinski definition) is 3. The third-order valence-electron chi connectivity index (χ3n) is 6.69. The molecule has 36 heavy (non-hydrogen) atoms. The van der Waals surface area contributed by atoms with Crippen molar-refractivity contribution in [2.24, 2.45) is 0 Å². The largest absolute Gasteiger partial charge is 0.493 e. The van der Waals surface area contributed by atoms with Crippen LogP contribution in [0.15, 0.2) is 41.7 Å². The van der Waals surface area contributed by atoms with E-state index in [1.165, 1.54) is 4.57 Å². The molecule has 0 spiro atoms. The number of nitrogens with one attached hydrogen (secondary N) is 2. The molecule has 9 heteroatoms. The minimum absolute atomic E-state index is 0.0842. The van der Waals surface area contributed by atoms with Crippen LogP contribution in [0, 0.1) is 5.41 Å². The first kappa shape index (κ1) is 25.2. The topological polar surface area (TPSA) is 121 Å². The Morgan fingerprint density at radius 2 is 1.94 bits per heavy atom. The number of aromatic nitrogens is 2. The van der Waals surface area contributed by atoms with Gasteiger partial charge in [-0.15, -0.1) is 0 Å². The van der Waals surface area contributed by atoms with Crippen molar-refractivity contribution >= 4 is 22.6 Å². The van der Waals surface area contributed by atoms with Crippen LogP contribution < -0.4 is 20.5 Å². The Morgan fingerprint density at radius 3 is 2.61 bits per heavy atom. The Balaban J connectivity index is 1.76.